The molecule has 0 atom stereocenters. The molecule has 0 saturated heterocycles. The van der Waals surface area contributed by atoms with Crippen LogP contribution in [0.3, 0.4) is 0 Å². The van der Waals surface area contributed by atoms with Gasteiger partial charge in [-0.3, -0.25) is 4.79 Å². The van der Waals surface area contributed by atoms with Gasteiger partial charge in [0.2, 0.25) is 5.78 Å². The first-order valence-electron chi connectivity index (χ1n) is 9.33. The molecule has 0 saturated carbocycles. The lowest BCUT2D eigenvalue weighted by Gasteiger charge is -2.11. The maximum Gasteiger partial charge on any atom is 0.339 e. The van der Waals surface area contributed by atoms with Crippen LogP contribution in [0.2, 0.25) is 15.1 Å². The zero-order chi connectivity index (χ0) is 22.8. The number of fused-ring (bicyclic) bond motifs is 1. The number of pyridine rings is 1. The van der Waals surface area contributed by atoms with Gasteiger partial charge < -0.3 is 4.74 Å². The number of carbonyl (C=O) groups is 2. The Bertz CT molecular complexity index is 1360. The number of nitrogens with zero attached hydrogens (tertiary/aromatic N) is 1. The summed E-state index contributed by atoms with van der Waals surface area (Å²) in [5, 5.41) is 1.58. The van der Waals surface area contributed by atoms with Crippen molar-refractivity contribution in [3.05, 3.63) is 97.4 Å². The SMILES string of the molecule is O=C(COC(=O)c1cc(-c2ccc(Br)cc2)nc2ccc(Cl)cc12)c1ccc(Cl)cc1Cl. The Morgan fingerprint density at radius 3 is 2.25 bits per heavy atom. The van der Waals surface area contributed by atoms with Crippen molar-refractivity contribution in [3.8, 4) is 11.3 Å². The smallest absolute Gasteiger partial charge is 0.339 e. The quantitative estimate of drug-likeness (QED) is 0.189. The van der Waals surface area contributed by atoms with Crippen molar-refractivity contribution in [2.45, 2.75) is 0 Å². The molecule has 0 spiro atoms. The second-order valence-corrected chi connectivity index (χ2v) is 9.04. The van der Waals surface area contributed by atoms with E-state index in [9.17, 15) is 9.59 Å². The van der Waals surface area contributed by atoms with Crippen LogP contribution in [0.25, 0.3) is 22.2 Å². The van der Waals surface area contributed by atoms with E-state index in [0.29, 0.717) is 26.6 Å². The summed E-state index contributed by atoms with van der Waals surface area (Å²) in [6.07, 6.45) is 0. The van der Waals surface area contributed by atoms with Crippen LogP contribution in [0.1, 0.15) is 20.7 Å². The number of ketones is 1. The summed E-state index contributed by atoms with van der Waals surface area (Å²) >= 11 is 21.5. The van der Waals surface area contributed by atoms with E-state index in [2.05, 4.69) is 20.9 Å². The van der Waals surface area contributed by atoms with Crippen molar-refractivity contribution >= 4 is 73.4 Å². The molecule has 0 aliphatic heterocycles. The molecule has 160 valence electrons. The summed E-state index contributed by atoms with van der Waals surface area (Å²) < 4.78 is 6.25. The van der Waals surface area contributed by atoms with Crippen LogP contribution >= 0.6 is 50.7 Å². The second kappa shape index (κ2) is 9.59. The standard InChI is InChI=1S/C24H13BrCl3NO3/c25-14-3-1-13(2-4-14)22-11-19(18-9-15(26)6-8-21(18)29-22)24(31)32-12-23(30)17-7-5-16(27)10-20(17)28/h1-11H,12H2. The molecule has 0 fully saturated rings. The first-order valence-corrected chi connectivity index (χ1v) is 11.3. The van der Waals surface area contributed by atoms with Crippen molar-refractivity contribution in [1.29, 1.82) is 0 Å². The zero-order valence-electron chi connectivity index (χ0n) is 16.2. The first kappa shape index (κ1) is 22.7. The van der Waals surface area contributed by atoms with Gasteiger partial charge in [-0.25, -0.2) is 9.78 Å². The van der Waals surface area contributed by atoms with Gasteiger partial charge in [0.25, 0.3) is 0 Å². The highest BCUT2D eigenvalue weighted by Gasteiger charge is 2.19. The lowest BCUT2D eigenvalue weighted by Crippen LogP contribution is -2.15. The number of aromatic nitrogens is 1. The molecule has 4 nitrogen and oxygen atoms in total. The molecule has 0 amide bonds. The summed E-state index contributed by atoms with van der Waals surface area (Å²) in [6, 6.07) is 18.7. The van der Waals surface area contributed by atoms with Crippen LogP contribution < -0.4 is 0 Å². The summed E-state index contributed by atoms with van der Waals surface area (Å²) in [7, 11) is 0. The Balaban J connectivity index is 1.67. The summed E-state index contributed by atoms with van der Waals surface area (Å²) in [4.78, 5) is 30.1. The zero-order valence-corrected chi connectivity index (χ0v) is 20.1. The molecule has 0 N–H and O–H groups in total. The van der Waals surface area contributed by atoms with Crippen LogP contribution in [0.4, 0.5) is 0 Å². The Morgan fingerprint density at radius 2 is 1.53 bits per heavy atom. The third-order valence-electron chi connectivity index (χ3n) is 4.70. The van der Waals surface area contributed by atoms with Gasteiger partial charge in [-0.1, -0.05) is 62.9 Å². The van der Waals surface area contributed by atoms with Gasteiger partial charge in [-0.15, -0.1) is 0 Å². The van der Waals surface area contributed by atoms with Crippen LogP contribution in [0.5, 0.6) is 0 Å². The molecule has 4 aromatic rings. The molecule has 0 radical (unpaired) electrons. The van der Waals surface area contributed by atoms with Gasteiger partial charge in [0.15, 0.2) is 6.61 Å². The van der Waals surface area contributed by atoms with Gasteiger partial charge in [-0.2, -0.15) is 0 Å². The van der Waals surface area contributed by atoms with E-state index in [0.717, 1.165) is 10.0 Å². The first-order chi connectivity index (χ1) is 15.3. The molecule has 0 bridgehead atoms. The number of ether oxygens (including phenoxy) is 1. The van der Waals surface area contributed by atoms with Crippen molar-refractivity contribution in [1.82, 2.24) is 4.98 Å². The predicted octanol–water partition coefficient (Wildman–Crippen LogP) is 7.66. The molecule has 8 heteroatoms. The number of Topliss-reactive ketones (excluding diaryl/α,β-unsaturated/α-hetero) is 1. The van der Waals surface area contributed by atoms with E-state index >= 15 is 0 Å². The number of hydrogen-bond acceptors (Lipinski definition) is 4. The van der Waals surface area contributed by atoms with Crippen molar-refractivity contribution in [2.75, 3.05) is 6.61 Å². The monoisotopic (exact) mass is 547 g/mol. The van der Waals surface area contributed by atoms with Gasteiger partial charge in [0.1, 0.15) is 0 Å². The largest absolute Gasteiger partial charge is 0.454 e. The molecule has 4 rings (SSSR count). The average molecular weight is 550 g/mol. The minimum Gasteiger partial charge on any atom is -0.454 e. The predicted molar refractivity (Wildman–Crippen MR) is 131 cm³/mol. The molecule has 1 heterocycles. The normalized spacial score (nSPS) is 10.9. The number of benzene rings is 3. The summed E-state index contributed by atoms with van der Waals surface area (Å²) in [6.45, 7) is -0.474. The number of rotatable bonds is 5. The van der Waals surface area contributed by atoms with Crippen LogP contribution in [-0.4, -0.2) is 23.3 Å². The Morgan fingerprint density at radius 1 is 0.844 bits per heavy atom. The van der Waals surface area contributed by atoms with Crippen molar-refractivity contribution < 1.29 is 14.3 Å². The Labute approximate surface area is 207 Å². The fourth-order valence-electron chi connectivity index (χ4n) is 3.14. The van der Waals surface area contributed by atoms with E-state index in [-0.39, 0.29) is 16.1 Å². The second-order valence-electron chi connectivity index (χ2n) is 6.85. The molecule has 32 heavy (non-hydrogen) atoms. The molecule has 0 unspecified atom stereocenters. The third kappa shape index (κ3) is 4.97. The fraction of sp³-hybridized carbons (Fsp3) is 0.0417. The summed E-state index contributed by atoms with van der Waals surface area (Å²) in [5.41, 5.74) is 2.47. The van der Waals surface area contributed by atoms with E-state index in [1.165, 1.54) is 12.1 Å². The van der Waals surface area contributed by atoms with Crippen molar-refractivity contribution in [3.63, 3.8) is 0 Å². The van der Waals surface area contributed by atoms with E-state index in [1.54, 1.807) is 30.3 Å². The maximum atomic E-state index is 13.0. The third-order valence-corrected chi connectivity index (χ3v) is 6.01. The highest BCUT2D eigenvalue weighted by Crippen LogP contribution is 2.28. The van der Waals surface area contributed by atoms with Gasteiger partial charge in [0, 0.05) is 31.0 Å². The minimum atomic E-state index is -0.670. The van der Waals surface area contributed by atoms with Crippen molar-refractivity contribution in [2.24, 2.45) is 0 Å². The number of carbonyl (C=O) groups excluding carboxylic acids is 2. The number of halogens is 4. The molecular weight excluding hydrogens is 537 g/mol. The molecule has 0 aliphatic rings. The van der Waals surface area contributed by atoms with Crippen LogP contribution in [-0.2, 0) is 4.74 Å². The lowest BCUT2D eigenvalue weighted by atomic mass is 10.0. The topological polar surface area (TPSA) is 56.3 Å². The molecule has 0 aliphatic carbocycles. The summed E-state index contributed by atoms with van der Waals surface area (Å²) in [5.74, 6) is -1.11. The van der Waals surface area contributed by atoms with Crippen LogP contribution in [0.15, 0.2) is 71.2 Å². The molecular formula is C24H13BrCl3NO3. The van der Waals surface area contributed by atoms with E-state index in [4.69, 9.17) is 39.5 Å². The average Bonchev–Trinajstić information content (AvgIpc) is 2.77. The van der Waals surface area contributed by atoms with Gasteiger partial charge in [-0.05, 0) is 54.6 Å². The highest BCUT2D eigenvalue weighted by molar-refractivity contribution is 9.10. The van der Waals surface area contributed by atoms with Crippen LogP contribution in [0, 0.1) is 0 Å². The lowest BCUT2D eigenvalue weighted by molar-refractivity contribution is 0.0476. The maximum absolute atomic E-state index is 13.0. The molecule has 3 aromatic carbocycles. The highest BCUT2D eigenvalue weighted by atomic mass is 79.9. The van der Waals surface area contributed by atoms with E-state index < -0.39 is 18.4 Å². The van der Waals surface area contributed by atoms with Gasteiger partial charge in [0.05, 0.1) is 21.8 Å². The Kier molecular flexibility index (Phi) is 6.82. The fourth-order valence-corrected chi connectivity index (χ4v) is 4.09. The van der Waals surface area contributed by atoms with E-state index in [1.807, 2.05) is 24.3 Å². The minimum absolute atomic E-state index is 0.192. The molecule has 1 aromatic heterocycles. The number of hydrogen-bond donors (Lipinski definition) is 0. The number of esters is 1. The van der Waals surface area contributed by atoms with Gasteiger partial charge >= 0.3 is 5.97 Å². The Hall–Kier alpha value is -2.44.